The molecule has 6 nitrogen and oxygen atoms in total. The van der Waals surface area contributed by atoms with Crippen LogP contribution in [0.15, 0.2) is 23.8 Å². The van der Waals surface area contributed by atoms with Gasteiger partial charge in [-0.05, 0) is 18.9 Å². The number of aromatic nitrogens is 3. The van der Waals surface area contributed by atoms with Gasteiger partial charge in [-0.25, -0.2) is 9.97 Å². The smallest absolute Gasteiger partial charge is 0.227 e. The Bertz CT molecular complexity index is 556. The molecular formula is C14H19N5OS. The Morgan fingerprint density at radius 3 is 3.14 bits per heavy atom. The zero-order chi connectivity index (χ0) is 14.5. The highest BCUT2D eigenvalue weighted by atomic mass is 32.1. The van der Waals surface area contributed by atoms with E-state index < -0.39 is 0 Å². The fraction of sp³-hybridized carbons (Fsp3) is 0.500. The molecule has 1 atom stereocenters. The van der Waals surface area contributed by atoms with Crippen molar-refractivity contribution in [3.8, 4) is 0 Å². The first-order valence-corrected chi connectivity index (χ1v) is 7.96. The summed E-state index contributed by atoms with van der Waals surface area (Å²) in [5, 5.41) is 6.45. The van der Waals surface area contributed by atoms with E-state index in [0.717, 1.165) is 36.9 Å². The van der Waals surface area contributed by atoms with Crippen LogP contribution in [0.3, 0.4) is 0 Å². The second-order valence-corrected chi connectivity index (χ2v) is 6.06. The molecule has 0 unspecified atom stereocenters. The van der Waals surface area contributed by atoms with E-state index in [1.54, 1.807) is 17.5 Å². The third-order valence-corrected chi connectivity index (χ3v) is 4.12. The van der Waals surface area contributed by atoms with Crippen LogP contribution in [0.25, 0.3) is 0 Å². The molecule has 0 spiro atoms. The Morgan fingerprint density at radius 1 is 1.43 bits per heavy atom. The monoisotopic (exact) mass is 305 g/mol. The maximum absolute atomic E-state index is 5.48. The molecule has 1 fully saturated rings. The summed E-state index contributed by atoms with van der Waals surface area (Å²) in [6.45, 7) is 2.33. The van der Waals surface area contributed by atoms with Crippen LogP contribution in [-0.2, 0) is 11.3 Å². The van der Waals surface area contributed by atoms with Gasteiger partial charge in [0.1, 0.15) is 10.8 Å². The molecule has 1 saturated heterocycles. The molecule has 112 valence electrons. The van der Waals surface area contributed by atoms with Crippen LogP contribution in [0.1, 0.15) is 17.8 Å². The van der Waals surface area contributed by atoms with Crippen LogP contribution in [-0.4, -0.2) is 41.3 Å². The molecule has 0 aromatic carbocycles. The molecule has 0 saturated carbocycles. The summed E-state index contributed by atoms with van der Waals surface area (Å²) in [5.41, 5.74) is 0. The van der Waals surface area contributed by atoms with Crippen molar-refractivity contribution in [1.82, 2.24) is 15.0 Å². The van der Waals surface area contributed by atoms with Crippen molar-refractivity contribution < 1.29 is 4.74 Å². The first-order valence-electron chi connectivity index (χ1n) is 7.08. The highest BCUT2D eigenvalue weighted by Gasteiger charge is 2.15. The quantitative estimate of drug-likeness (QED) is 0.913. The predicted molar refractivity (Wildman–Crippen MR) is 83.7 cm³/mol. The minimum absolute atomic E-state index is 0.339. The largest absolute Gasteiger partial charge is 0.379 e. The summed E-state index contributed by atoms with van der Waals surface area (Å²) < 4.78 is 5.48. The van der Waals surface area contributed by atoms with E-state index in [-0.39, 0.29) is 0 Å². The number of rotatable bonds is 5. The molecule has 3 heterocycles. The lowest BCUT2D eigenvalue weighted by atomic mass is 10.1. The third-order valence-electron chi connectivity index (χ3n) is 3.35. The summed E-state index contributed by atoms with van der Waals surface area (Å²) in [6, 6.07) is 2.24. The lowest BCUT2D eigenvalue weighted by Crippen LogP contribution is -2.30. The van der Waals surface area contributed by atoms with Gasteiger partial charge < -0.3 is 15.0 Å². The zero-order valence-corrected chi connectivity index (χ0v) is 12.8. The van der Waals surface area contributed by atoms with Crippen LogP contribution in [0.5, 0.6) is 0 Å². The number of hydrogen-bond acceptors (Lipinski definition) is 7. The van der Waals surface area contributed by atoms with Crippen LogP contribution in [0.2, 0.25) is 0 Å². The minimum atomic E-state index is 0.339. The molecule has 0 aliphatic carbocycles. The standard InChI is InChI=1S/C14H19N5OS/c1-19(9-13-15-6-8-21-13)14-16-5-4-12(18-14)17-11-3-2-7-20-10-11/h4-6,8,11H,2-3,7,9-10H2,1H3,(H,16,17,18)/t11-/m0/s1. The maximum atomic E-state index is 5.48. The lowest BCUT2D eigenvalue weighted by Gasteiger charge is -2.24. The number of hydrogen-bond donors (Lipinski definition) is 1. The zero-order valence-electron chi connectivity index (χ0n) is 12.0. The number of nitrogens with zero attached hydrogens (tertiary/aromatic N) is 4. The molecule has 1 aliphatic heterocycles. The molecule has 0 bridgehead atoms. The first kappa shape index (κ1) is 14.2. The lowest BCUT2D eigenvalue weighted by molar-refractivity contribution is 0.0875. The van der Waals surface area contributed by atoms with E-state index in [4.69, 9.17) is 4.74 Å². The number of thiazole rings is 1. The molecule has 2 aromatic heterocycles. The van der Waals surface area contributed by atoms with Gasteiger partial charge in [0.05, 0.1) is 19.2 Å². The molecule has 3 rings (SSSR count). The van der Waals surface area contributed by atoms with E-state index in [9.17, 15) is 0 Å². The van der Waals surface area contributed by atoms with Crippen molar-refractivity contribution in [2.24, 2.45) is 0 Å². The molecular weight excluding hydrogens is 286 g/mol. The third kappa shape index (κ3) is 3.89. The van der Waals surface area contributed by atoms with E-state index in [1.165, 1.54) is 0 Å². The number of anilines is 2. The van der Waals surface area contributed by atoms with Gasteiger partial charge in [-0.15, -0.1) is 11.3 Å². The van der Waals surface area contributed by atoms with E-state index in [2.05, 4.69) is 20.3 Å². The molecule has 7 heteroatoms. The van der Waals surface area contributed by atoms with Gasteiger partial charge in [0.15, 0.2) is 0 Å². The van der Waals surface area contributed by atoms with E-state index in [1.807, 2.05) is 29.6 Å². The molecule has 1 N–H and O–H groups in total. The molecule has 2 aromatic rings. The van der Waals surface area contributed by atoms with Crippen LogP contribution in [0.4, 0.5) is 11.8 Å². The number of ether oxygens (including phenoxy) is 1. The number of nitrogens with one attached hydrogen (secondary N) is 1. The fourth-order valence-corrected chi connectivity index (χ4v) is 2.95. The Hall–Kier alpha value is -1.73. The van der Waals surface area contributed by atoms with Gasteiger partial charge in [-0.2, -0.15) is 4.98 Å². The van der Waals surface area contributed by atoms with Crippen LogP contribution in [0, 0.1) is 0 Å². The highest BCUT2D eigenvalue weighted by Crippen LogP contribution is 2.16. The van der Waals surface area contributed by atoms with Gasteiger partial charge in [-0.3, -0.25) is 0 Å². The molecule has 21 heavy (non-hydrogen) atoms. The van der Waals surface area contributed by atoms with Crippen molar-refractivity contribution in [3.63, 3.8) is 0 Å². The van der Waals surface area contributed by atoms with Gasteiger partial charge in [0.2, 0.25) is 5.95 Å². The summed E-state index contributed by atoms with van der Waals surface area (Å²) in [4.78, 5) is 15.2. The predicted octanol–water partition coefficient (Wildman–Crippen LogP) is 2.16. The van der Waals surface area contributed by atoms with Gasteiger partial charge in [-0.1, -0.05) is 0 Å². The second kappa shape index (κ2) is 6.82. The Balaban J connectivity index is 1.64. The van der Waals surface area contributed by atoms with Crippen LogP contribution < -0.4 is 10.2 Å². The Morgan fingerprint density at radius 2 is 2.38 bits per heavy atom. The minimum Gasteiger partial charge on any atom is -0.379 e. The van der Waals surface area contributed by atoms with E-state index in [0.29, 0.717) is 18.5 Å². The van der Waals surface area contributed by atoms with Crippen molar-refractivity contribution in [3.05, 3.63) is 28.8 Å². The topological polar surface area (TPSA) is 63.2 Å². The van der Waals surface area contributed by atoms with Crippen molar-refractivity contribution >= 4 is 23.1 Å². The van der Waals surface area contributed by atoms with Crippen molar-refractivity contribution in [2.75, 3.05) is 30.5 Å². The fourth-order valence-electron chi connectivity index (χ4n) is 2.28. The average molecular weight is 305 g/mol. The first-order chi connectivity index (χ1) is 10.3. The molecule has 0 amide bonds. The Kier molecular flexibility index (Phi) is 4.62. The normalized spacial score (nSPS) is 18.4. The second-order valence-electron chi connectivity index (χ2n) is 5.08. The van der Waals surface area contributed by atoms with E-state index >= 15 is 0 Å². The van der Waals surface area contributed by atoms with Crippen LogP contribution >= 0.6 is 11.3 Å². The van der Waals surface area contributed by atoms with Crippen molar-refractivity contribution in [2.45, 2.75) is 25.4 Å². The van der Waals surface area contributed by atoms with Gasteiger partial charge in [0.25, 0.3) is 0 Å². The summed E-state index contributed by atoms with van der Waals surface area (Å²) >= 11 is 1.64. The SMILES string of the molecule is CN(Cc1nccs1)c1nccc(N[C@H]2CCCOC2)n1. The molecule has 0 radical (unpaired) electrons. The van der Waals surface area contributed by atoms with Gasteiger partial charge >= 0.3 is 0 Å². The summed E-state index contributed by atoms with van der Waals surface area (Å²) in [6.07, 6.45) is 5.82. The molecule has 1 aliphatic rings. The maximum Gasteiger partial charge on any atom is 0.227 e. The van der Waals surface area contributed by atoms with Gasteiger partial charge in [0, 0.05) is 31.4 Å². The summed E-state index contributed by atoms with van der Waals surface area (Å²) in [7, 11) is 1.98. The van der Waals surface area contributed by atoms with Crippen molar-refractivity contribution in [1.29, 1.82) is 0 Å². The highest BCUT2D eigenvalue weighted by molar-refractivity contribution is 7.09. The Labute approximate surface area is 128 Å². The summed E-state index contributed by atoms with van der Waals surface area (Å²) in [5.74, 6) is 1.55. The average Bonchev–Trinajstić information content (AvgIpc) is 3.01.